The first-order chi connectivity index (χ1) is 11.9. The Morgan fingerprint density at radius 3 is 2.56 bits per heavy atom. The minimum atomic E-state index is -1.14. The van der Waals surface area contributed by atoms with E-state index in [9.17, 15) is 15.0 Å². The molecule has 9 heteroatoms. The first-order valence-corrected chi connectivity index (χ1v) is 8.04. The lowest BCUT2D eigenvalue weighted by atomic mass is 9.75. The van der Waals surface area contributed by atoms with Gasteiger partial charge in [0.25, 0.3) is 12.4 Å². The molecule has 138 valence electrons. The number of hydrogen-bond acceptors (Lipinski definition) is 7. The van der Waals surface area contributed by atoms with Crippen molar-refractivity contribution in [3.8, 4) is 0 Å². The molecule has 2 aliphatic rings. The van der Waals surface area contributed by atoms with Gasteiger partial charge >= 0.3 is 0 Å². The van der Waals surface area contributed by atoms with Crippen LogP contribution >= 0.6 is 0 Å². The third-order valence-corrected chi connectivity index (χ3v) is 4.81. The molecule has 9 nitrogen and oxygen atoms in total. The fourth-order valence-corrected chi connectivity index (χ4v) is 3.35. The Balaban J connectivity index is 0.000000701. The van der Waals surface area contributed by atoms with Gasteiger partial charge in [0.1, 0.15) is 11.7 Å². The molecule has 2 saturated heterocycles. The first kappa shape index (κ1) is 19.2. The van der Waals surface area contributed by atoms with Crippen LogP contribution in [0.2, 0.25) is 0 Å². The van der Waals surface area contributed by atoms with E-state index in [4.69, 9.17) is 14.6 Å². The lowest BCUT2D eigenvalue weighted by Gasteiger charge is -2.51. The highest BCUT2D eigenvalue weighted by Gasteiger charge is 2.52. The van der Waals surface area contributed by atoms with Crippen LogP contribution in [-0.4, -0.2) is 79.8 Å². The van der Waals surface area contributed by atoms with Crippen LogP contribution in [0.4, 0.5) is 0 Å². The molecular formula is C16H23N3O6. The van der Waals surface area contributed by atoms with Gasteiger partial charge in [0.05, 0.1) is 30.2 Å². The second kappa shape index (κ2) is 7.85. The van der Waals surface area contributed by atoms with Gasteiger partial charge in [0.15, 0.2) is 0 Å². The van der Waals surface area contributed by atoms with Crippen molar-refractivity contribution in [3.63, 3.8) is 0 Å². The Hall–Kier alpha value is -2.10. The van der Waals surface area contributed by atoms with Crippen LogP contribution in [0.25, 0.3) is 0 Å². The molecule has 0 bridgehead atoms. The topological polar surface area (TPSA) is 133 Å². The summed E-state index contributed by atoms with van der Waals surface area (Å²) in [5.74, 6) is -0.0955. The molecule has 2 fully saturated rings. The molecular weight excluding hydrogens is 330 g/mol. The van der Waals surface area contributed by atoms with Gasteiger partial charge in [-0.25, -0.2) is 0 Å². The Kier molecular flexibility index (Phi) is 6.04. The van der Waals surface area contributed by atoms with Gasteiger partial charge in [-0.2, -0.15) is 10.2 Å². The van der Waals surface area contributed by atoms with E-state index in [0.717, 1.165) is 0 Å². The predicted octanol–water partition coefficient (Wildman–Crippen LogP) is -0.316. The predicted molar refractivity (Wildman–Crippen MR) is 85.8 cm³/mol. The number of carbonyl (C=O) groups is 2. The van der Waals surface area contributed by atoms with Crippen molar-refractivity contribution in [2.24, 2.45) is 0 Å². The van der Waals surface area contributed by atoms with Gasteiger partial charge in [0.2, 0.25) is 0 Å². The highest BCUT2D eigenvalue weighted by Crippen LogP contribution is 2.39. The number of likely N-dealkylation sites (tertiary alicyclic amines) is 1. The number of hydrogen-bond donors (Lipinski definition) is 3. The molecule has 0 radical (unpaired) electrons. The van der Waals surface area contributed by atoms with E-state index >= 15 is 0 Å². The third-order valence-electron chi connectivity index (χ3n) is 4.81. The highest BCUT2D eigenvalue weighted by atomic mass is 16.5. The Bertz CT molecular complexity index is 587. The average molecular weight is 353 g/mol. The minimum Gasteiger partial charge on any atom is -0.483 e. The number of carbonyl (C=O) groups excluding carboxylic acids is 1. The monoisotopic (exact) mass is 353 g/mol. The van der Waals surface area contributed by atoms with Gasteiger partial charge in [-0.15, -0.1) is 0 Å². The maximum Gasteiger partial charge on any atom is 0.290 e. The summed E-state index contributed by atoms with van der Waals surface area (Å²) >= 11 is 0. The van der Waals surface area contributed by atoms with Crippen molar-refractivity contribution in [1.29, 1.82) is 0 Å². The van der Waals surface area contributed by atoms with Crippen molar-refractivity contribution >= 4 is 12.4 Å². The first-order valence-electron chi connectivity index (χ1n) is 8.04. The summed E-state index contributed by atoms with van der Waals surface area (Å²) < 4.78 is 5.82. The smallest absolute Gasteiger partial charge is 0.290 e. The molecule has 0 saturated carbocycles. The molecule has 2 aliphatic heterocycles. The second-order valence-corrected chi connectivity index (χ2v) is 6.45. The van der Waals surface area contributed by atoms with Gasteiger partial charge in [-0.3, -0.25) is 9.59 Å². The van der Waals surface area contributed by atoms with Crippen LogP contribution < -0.4 is 0 Å². The maximum absolute atomic E-state index is 12.4. The van der Waals surface area contributed by atoms with Crippen molar-refractivity contribution < 1.29 is 29.6 Å². The average Bonchev–Trinajstić information content (AvgIpc) is 2.61. The quantitative estimate of drug-likeness (QED) is 0.585. The van der Waals surface area contributed by atoms with Crippen LogP contribution in [0.1, 0.15) is 36.5 Å². The Morgan fingerprint density at radius 1 is 1.36 bits per heavy atom. The van der Waals surface area contributed by atoms with Gasteiger partial charge < -0.3 is 25.0 Å². The molecule has 2 atom stereocenters. The summed E-state index contributed by atoms with van der Waals surface area (Å²) in [7, 11) is 0. The molecule has 1 aromatic heterocycles. The van der Waals surface area contributed by atoms with Gasteiger partial charge in [-0.05, 0) is 25.8 Å². The number of aliphatic hydroxyl groups excluding tert-OH is 1. The van der Waals surface area contributed by atoms with E-state index < -0.39 is 17.3 Å². The van der Waals surface area contributed by atoms with Crippen LogP contribution in [0.3, 0.4) is 0 Å². The van der Waals surface area contributed by atoms with E-state index in [0.29, 0.717) is 44.5 Å². The summed E-state index contributed by atoms with van der Waals surface area (Å²) in [6.07, 6.45) is 3.44. The van der Waals surface area contributed by atoms with Crippen LogP contribution in [0, 0.1) is 0 Å². The molecule has 3 N–H and O–H groups in total. The second-order valence-electron chi connectivity index (χ2n) is 6.45. The van der Waals surface area contributed by atoms with E-state index in [-0.39, 0.29) is 12.4 Å². The van der Waals surface area contributed by atoms with Crippen molar-refractivity contribution in [2.45, 2.75) is 43.5 Å². The number of amides is 1. The zero-order valence-corrected chi connectivity index (χ0v) is 14.0. The molecule has 1 amide bonds. The standard InChI is InChI=1S/C15H21N3O4.CH2O2/c1-14(21)5-9-22-15(13(14)20)3-7-18(8-4-15)12(19)11-2-6-16-17-10-11;2-1-3/h2,6,10,13,20-21H,3-5,7-9H2,1H3;1H,(H,2,3)/t13-,14+;/m0./s1. The molecule has 3 heterocycles. The summed E-state index contributed by atoms with van der Waals surface area (Å²) in [6.45, 7) is 2.77. The summed E-state index contributed by atoms with van der Waals surface area (Å²) in [5.41, 5.74) is -1.39. The minimum absolute atomic E-state index is 0.0955. The summed E-state index contributed by atoms with van der Waals surface area (Å²) in [5, 5.41) is 35.0. The van der Waals surface area contributed by atoms with E-state index in [1.54, 1.807) is 17.9 Å². The molecule has 25 heavy (non-hydrogen) atoms. The number of aromatic nitrogens is 2. The van der Waals surface area contributed by atoms with Gasteiger partial charge in [0, 0.05) is 19.5 Å². The van der Waals surface area contributed by atoms with Crippen molar-refractivity contribution in [2.75, 3.05) is 19.7 Å². The number of aliphatic hydroxyl groups is 2. The number of rotatable bonds is 1. The van der Waals surface area contributed by atoms with Crippen molar-refractivity contribution in [3.05, 3.63) is 24.0 Å². The number of piperidine rings is 1. The van der Waals surface area contributed by atoms with E-state index in [1.165, 1.54) is 12.4 Å². The Morgan fingerprint density at radius 2 is 2.00 bits per heavy atom. The maximum atomic E-state index is 12.4. The summed E-state index contributed by atoms with van der Waals surface area (Å²) in [6, 6.07) is 1.64. The fraction of sp³-hybridized carbons (Fsp3) is 0.625. The zero-order valence-electron chi connectivity index (χ0n) is 14.0. The molecule has 1 aromatic rings. The largest absolute Gasteiger partial charge is 0.483 e. The number of ether oxygens (including phenoxy) is 1. The lowest BCUT2D eigenvalue weighted by Crippen LogP contribution is -2.64. The SMILES string of the molecule is C[C@@]1(O)CCOC2(CCN(C(=O)c3ccnnc3)CC2)[C@H]1O.O=CO. The molecule has 3 rings (SSSR count). The molecule has 0 aliphatic carbocycles. The zero-order chi connectivity index (χ0) is 18.5. The summed E-state index contributed by atoms with van der Waals surface area (Å²) in [4.78, 5) is 22.5. The lowest BCUT2D eigenvalue weighted by molar-refractivity contribution is -0.244. The van der Waals surface area contributed by atoms with Crippen LogP contribution in [-0.2, 0) is 9.53 Å². The molecule has 0 aromatic carbocycles. The molecule has 1 spiro atoms. The van der Waals surface area contributed by atoms with Crippen LogP contribution in [0.5, 0.6) is 0 Å². The number of carboxylic acid groups (broad SMARTS) is 1. The normalized spacial score (nSPS) is 28.0. The van der Waals surface area contributed by atoms with E-state index in [1.807, 2.05) is 0 Å². The van der Waals surface area contributed by atoms with E-state index in [2.05, 4.69) is 10.2 Å². The molecule has 0 unspecified atom stereocenters. The number of nitrogens with zero attached hydrogens (tertiary/aromatic N) is 3. The third kappa shape index (κ3) is 4.12. The van der Waals surface area contributed by atoms with Crippen LogP contribution in [0.15, 0.2) is 18.5 Å². The fourth-order valence-electron chi connectivity index (χ4n) is 3.35. The van der Waals surface area contributed by atoms with Gasteiger partial charge in [-0.1, -0.05) is 0 Å². The Labute approximate surface area is 145 Å². The van der Waals surface area contributed by atoms with Crippen molar-refractivity contribution in [1.82, 2.24) is 15.1 Å². The highest BCUT2D eigenvalue weighted by molar-refractivity contribution is 5.93.